The van der Waals surface area contributed by atoms with Crippen LogP contribution in [-0.4, -0.2) is 35.3 Å². The summed E-state index contributed by atoms with van der Waals surface area (Å²) in [6.07, 6.45) is 1.68. The summed E-state index contributed by atoms with van der Waals surface area (Å²) in [6.45, 7) is 1.83. The van der Waals surface area contributed by atoms with E-state index < -0.39 is 0 Å². The molecule has 3 aromatic rings. The number of methoxy groups -OCH3 is 2. The summed E-state index contributed by atoms with van der Waals surface area (Å²) >= 11 is 1.26. The zero-order valence-corrected chi connectivity index (χ0v) is 14.8. The summed E-state index contributed by atoms with van der Waals surface area (Å²) in [6, 6.07) is 8.93. The molecule has 0 spiro atoms. The van der Waals surface area contributed by atoms with Gasteiger partial charge in [-0.15, -0.1) is 10.2 Å². The number of hydrogen-bond acceptors (Lipinski definition) is 7. The molecule has 0 aliphatic rings. The summed E-state index contributed by atoms with van der Waals surface area (Å²) in [5.41, 5.74) is 1.96. The fraction of sp³-hybridized carbons (Fsp3) is 0.176. The van der Waals surface area contributed by atoms with E-state index in [1.54, 1.807) is 25.4 Å². The molecule has 0 unspecified atom stereocenters. The molecular formula is C17H16N4O3S. The second-order valence-electron chi connectivity index (χ2n) is 5.10. The van der Waals surface area contributed by atoms with Crippen LogP contribution in [-0.2, 0) is 0 Å². The highest BCUT2D eigenvalue weighted by molar-refractivity contribution is 7.18. The predicted molar refractivity (Wildman–Crippen MR) is 95.4 cm³/mol. The molecule has 2 aromatic heterocycles. The largest absolute Gasteiger partial charge is 0.493 e. The first kappa shape index (κ1) is 16.8. The average Bonchev–Trinajstić information content (AvgIpc) is 3.10. The quantitative estimate of drug-likeness (QED) is 0.756. The summed E-state index contributed by atoms with van der Waals surface area (Å²) in [5.74, 6) is 0.775. The molecule has 128 valence electrons. The van der Waals surface area contributed by atoms with Crippen molar-refractivity contribution in [1.29, 1.82) is 0 Å². The van der Waals surface area contributed by atoms with Gasteiger partial charge in [0.2, 0.25) is 5.13 Å². The minimum absolute atomic E-state index is 0.290. The van der Waals surface area contributed by atoms with E-state index in [1.165, 1.54) is 18.4 Å². The Morgan fingerprint density at radius 2 is 1.88 bits per heavy atom. The lowest BCUT2D eigenvalue weighted by atomic mass is 10.1. The number of anilines is 1. The molecule has 3 rings (SSSR count). The monoisotopic (exact) mass is 356 g/mol. The lowest BCUT2D eigenvalue weighted by molar-refractivity contribution is 0.102. The average molecular weight is 356 g/mol. The number of amides is 1. The molecule has 2 heterocycles. The minimum Gasteiger partial charge on any atom is -0.493 e. The van der Waals surface area contributed by atoms with E-state index >= 15 is 0 Å². The van der Waals surface area contributed by atoms with Gasteiger partial charge in [-0.1, -0.05) is 17.4 Å². The molecular weight excluding hydrogens is 340 g/mol. The van der Waals surface area contributed by atoms with Crippen LogP contribution in [0.2, 0.25) is 0 Å². The maximum atomic E-state index is 12.6. The fourth-order valence-electron chi connectivity index (χ4n) is 2.26. The Morgan fingerprint density at radius 1 is 1.12 bits per heavy atom. The van der Waals surface area contributed by atoms with Crippen LogP contribution in [0.4, 0.5) is 5.13 Å². The lowest BCUT2D eigenvalue weighted by Crippen LogP contribution is -2.13. The van der Waals surface area contributed by atoms with E-state index in [4.69, 9.17) is 9.47 Å². The van der Waals surface area contributed by atoms with Crippen LogP contribution in [0.5, 0.6) is 11.5 Å². The number of rotatable bonds is 5. The zero-order chi connectivity index (χ0) is 17.8. The number of hydrogen-bond donors (Lipinski definition) is 1. The van der Waals surface area contributed by atoms with Gasteiger partial charge >= 0.3 is 0 Å². The van der Waals surface area contributed by atoms with Gasteiger partial charge in [-0.05, 0) is 36.8 Å². The highest BCUT2D eigenvalue weighted by atomic mass is 32.1. The van der Waals surface area contributed by atoms with E-state index in [9.17, 15) is 4.79 Å². The summed E-state index contributed by atoms with van der Waals surface area (Å²) < 4.78 is 10.5. The molecule has 25 heavy (non-hydrogen) atoms. The van der Waals surface area contributed by atoms with Gasteiger partial charge < -0.3 is 9.47 Å². The summed E-state index contributed by atoms with van der Waals surface area (Å²) in [7, 11) is 3.08. The van der Waals surface area contributed by atoms with Gasteiger partial charge in [0.25, 0.3) is 5.91 Å². The first-order chi connectivity index (χ1) is 12.1. The second kappa shape index (κ2) is 7.27. The van der Waals surface area contributed by atoms with Crippen LogP contribution in [0.25, 0.3) is 10.7 Å². The first-order valence-electron chi connectivity index (χ1n) is 7.41. The zero-order valence-electron chi connectivity index (χ0n) is 13.9. The van der Waals surface area contributed by atoms with Crippen molar-refractivity contribution < 1.29 is 14.3 Å². The number of carbonyl (C=O) groups is 1. The van der Waals surface area contributed by atoms with Crippen molar-refractivity contribution in [3.8, 4) is 22.2 Å². The first-order valence-corrected chi connectivity index (χ1v) is 8.23. The molecule has 1 N–H and O–H groups in total. The highest BCUT2D eigenvalue weighted by Crippen LogP contribution is 2.31. The lowest BCUT2D eigenvalue weighted by Gasteiger charge is -2.12. The van der Waals surface area contributed by atoms with Gasteiger partial charge in [0.15, 0.2) is 16.5 Å². The standard InChI is InChI=1S/C17H16N4O3S/c1-10-8-13(23-2)14(24-3)9-11(10)15(22)19-17-21-20-16(25-17)12-6-4-5-7-18-12/h4-9H,1-3H3,(H,19,21,22). The Morgan fingerprint density at radius 3 is 2.56 bits per heavy atom. The number of aromatic nitrogens is 3. The van der Waals surface area contributed by atoms with Gasteiger partial charge in [-0.3, -0.25) is 15.1 Å². The summed E-state index contributed by atoms with van der Waals surface area (Å²) in [4.78, 5) is 16.8. The Labute approximate surface area is 148 Å². The van der Waals surface area contributed by atoms with Crippen molar-refractivity contribution in [3.63, 3.8) is 0 Å². The van der Waals surface area contributed by atoms with Crippen LogP contribution >= 0.6 is 11.3 Å². The molecule has 8 heteroatoms. The molecule has 0 saturated heterocycles. The molecule has 1 aromatic carbocycles. The number of pyridine rings is 1. The molecule has 0 fully saturated rings. The third kappa shape index (κ3) is 3.58. The Kier molecular flexibility index (Phi) is 4.90. The molecule has 0 saturated carbocycles. The number of nitrogens with one attached hydrogen (secondary N) is 1. The molecule has 0 atom stereocenters. The van der Waals surface area contributed by atoms with E-state index in [1.807, 2.05) is 25.1 Å². The van der Waals surface area contributed by atoms with Crippen LogP contribution in [0.15, 0.2) is 36.5 Å². The van der Waals surface area contributed by atoms with Crippen molar-refractivity contribution in [1.82, 2.24) is 15.2 Å². The maximum Gasteiger partial charge on any atom is 0.257 e. The smallest absolute Gasteiger partial charge is 0.257 e. The topological polar surface area (TPSA) is 86.2 Å². The van der Waals surface area contributed by atoms with Gasteiger partial charge in [0.1, 0.15) is 5.69 Å². The number of aryl methyl sites for hydroxylation is 1. The van der Waals surface area contributed by atoms with Crippen LogP contribution in [0, 0.1) is 6.92 Å². The molecule has 0 radical (unpaired) electrons. The summed E-state index contributed by atoms with van der Waals surface area (Å²) in [5, 5.41) is 11.9. The van der Waals surface area contributed by atoms with Crippen molar-refractivity contribution in [2.45, 2.75) is 6.92 Å². The van der Waals surface area contributed by atoms with Crippen LogP contribution in [0.3, 0.4) is 0 Å². The van der Waals surface area contributed by atoms with Gasteiger partial charge in [-0.2, -0.15) is 0 Å². The number of nitrogens with zero attached hydrogens (tertiary/aromatic N) is 3. The Balaban J connectivity index is 1.82. The molecule has 1 amide bonds. The van der Waals surface area contributed by atoms with Crippen LogP contribution in [0.1, 0.15) is 15.9 Å². The van der Waals surface area contributed by atoms with Crippen molar-refractivity contribution >= 4 is 22.4 Å². The van der Waals surface area contributed by atoms with Crippen LogP contribution < -0.4 is 14.8 Å². The fourth-order valence-corrected chi connectivity index (χ4v) is 2.97. The van der Waals surface area contributed by atoms with E-state index in [2.05, 4.69) is 20.5 Å². The number of carbonyl (C=O) groups excluding carboxylic acids is 1. The van der Waals surface area contributed by atoms with Gasteiger partial charge in [-0.25, -0.2) is 0 Å². The molecule has 0 aliphatic carbocycles. The van der Waals surface area contributed by atoms with Gasteiger partial charge in [0.05, 0.1) is 14.2 Å². The number of ether oxygens (including phenoxy) is 2. The molecule has 0 aliphatic heterocycles. The molecule has 0 bridgehead atoms. The predicted octanol–water partition coefficient (Wildman–Crippen LogP) is 3.18. The number of benzene rings is 1. The van der Waals surface area contributed by atoms with Crippen molar-refractivity contribution in [2.24, 2.45) is 0 Å². The van der Waals surface area contributed by atoms with E-state index in [0.717, 1.165) is 5.56 Å². The van der Waals surface area contributed by atoms with Gasteiger partial charge in [0, 0.05) is 11.8 Å². The molecule has 7 nitrogen and oxygen atoms in total. The Bertz CT molecular complexity index is 896. The van der Waals surface area contributed by atoms with Crippen molar-refractivity contribution in [2.75, 3.05) is 19.5 Å². The maximum absolute atomic E-state index is 12.6. The third-order valence-corrected chi connectivity index (χ3v) is 4.37. The SMILES string of the molecule is COc1cc(C)c(C(=O)Nc2nnc(-c3ccccn3)s2)cc1OC. The van der Waals surface area contributed by atoms with E-state index in [-0.39, 0.29) is 5.91 Å². The highest BCUT2D eigenvalue weighted by Gasteiger charge is 2.17. The minimum atomic E-state index is -0.290. The van der Waals surface area contributed by atoms with Crippen molar-refractivity contribution in [3.05, 3.63) is 47.7 Å². The normalized spacial score (nSPS) is 10.4. The third-order valence-electron chi connectivity index (χ3n) is 3.50. The Hall–Kier alpha value is -3.00. The second-order valence-corrected chi connectivity index (χ2v) is 6.08. The van der Waals surface area contributed by atoms with E-state index in [0.29, 0.717) is 32.9 Å².